The molecule has 4 rings (SSSR count). The third-order valence-electron chi connectivity index (χ3n) is 7.02. The monoisotopic (exact) mass is 530 g/mol. The molecule has 0 amide bonds. The Morgan fingerprint density at radius 1 is 1.18 bits per heavy atom. The van der Waals surface area contributed by atoms with Crippen LogP contribution in [0.25, 0.3) is 11.0 Å². The van der Waals surface area contributed by atoms with Crippen molar-refractivity contribution in [1.29, 1.82) is 10.5 Å². The molecule has 9 nitrogen and oxygen atoms in total. The first-order valence-electron chi connectivity index (χ1n) is 12.7. The quantitative estimate of drug-likeness (QED) is 0.390. The number of aliphatic hydroxyl groups is 1. The Kier molecular flexibility index (Phi) is 7.71. The Balaban J connectivity index is 1.70. The smallest absolute Gasteiger partial charge is 0.270 e. The van der Waals surface area contributed by atoms with Gasteiger partial charge >= 0.3 is 0 Å². The number of oxime groups is 1. The van der Waals surface area contributed by atoms with Crippen molar-refractivity contribution in [1.82, 2.24) is 9.55 Å². The van der Waals surface area contributed by atoms with E-state index in [1.165, 1.54) is 22.8 Å². The summed E-state index contributed by atoms with van der Waals surface area (Å²) in [6, 6.07) is 12.8. The summed E-state index contributed by atoms with van der Waals surface area (Å²) in [5.41, 5.74) is 1.49. The first kappa shape index (κ1) is 27.7. The Labute approximate surface area is 226 Å². The molecule has 0 aliphatic heterocycles. The minimum atomic E-state index is -0.848. The number of halogens is 1. The number of anilines is 1. The predicted molar refractivity (Wildman–Crippen MR) is 146 cm³/mol. The summed E-state index contributed by atoms with van der Waals surface area (Å²) in [7, 11) is 3.28. The maximum atomic E-state index is 13.6. The van der Waals surface area contributed by atoms with Crippen LogP contribution in [0.2, 0.25) is 0 Å². The fourth-order valence-electron chi connectivity index (χ4n) is 5.07. The molecule has 3 atom stereocenters. The van der Waals surface area contributed by atoms with Gasteiger partial charge < -0.3 is 19.4 Å². The molecule has 0 radical (unpaired) electrons. The van der Waals surface area contributed by atoms with Gasteiger partial charge in [-0.15, -0.1) is 0 Å². The number of hydrogen-bond acceptors (Lipinski definition) is 8. The van der Waals surface area contributed by atoms with Crippen LogP contribution in [0.1, 0.15) is 56.9 Å². The highest BCUT2D eigenvalue weighted by atomic mass is 19.1. The second-order valence-electron chi connectivity index (χ2n) is 10.8. The Morgan fingerprint density at radius 2 is 1.87 bits per heavy atom. The Hall–Kier alpha value is -4.28. The number of aromatic nitrogens is 2. The number of aryl methyl sites for hydroxylation is 1. The summed E-state index contributed by atoms with van der Waals surface area (Å²) >= 11 is 0. The molecular formula is C29H31FN6O3. The van der Waals surface area contributed by atoms with E-state index in [0.29, 0.717) is 47.3 Å². The fraction of sp³-hybridized carbons (Fsp3) is 0.414. The maximum Gasteiger partial charge on any atom is 0.270 e. The summed E-state index contributed by atoms with van der Waals surface area (Å²) in [5, 5.41) is 35.1. The number of nitriles is 2. The molecule has 39 heavy (non-hydrogen) atoms. The maximum absolute atomic E-state index is 13.6. The van der Waals surface area contributed by atoms with Gasteiger partial charge in [-0.25, -0.2) is 9.37 Å². The van der Waals surface area contributed by atoms with Gasteiger partial charge in [0, 0.05) is 20.0 Å². The largest absolute Gasteiger partial charge is 0.391 e. The molecule has 0 unspecified atom stereocenters. The number of aliphatic hydroxyl groups excluding tert-OH is 1. The number of pyridine rings is 2. The zero-order valence-electron chi connectivity index (χ0n) is 22.6. The van der Waals surface area contributed by atoms with E-state index in [1.807, 2.05) is 32.9 Å². The number of rotatable bonds is 5. The highest BCUT2D eigenvalue weighted by Crippen LogP contribution is 2.35. The minimum Gasteiger partial charge on any atom is -0.391 e. The number of likely N-dealkylation sites (N-methyl/N-ethyl adjacent to an activating group) is 1. The number of fused-ring (bicyclic) bond motifs is 1. The number of nitrogens with zero attached hydrogens (tertiary/aromatic N) is 6. The van der Waals surface area contributed by atoms with E-state index >= 15 is 0 Å². The molecule has 0 spiro atoms. The first-order valence-corrected chi connectivity index (χ1v) is 12.7. The molecule has 1 N–H and O–H groups in total. The van der Waals surface area contributed by atoms with Gasteiger partial charge in [0.05, 0.1) is 29.1 Å². The van der Waals surface area contributed by atoms with Gasteiger partial charge in [-0.05, 0) is 69.9 Å². The third-order valence-corrected chi connectivity index (χ3v) is 7.02. The van der Waals surface area contributed by atoms with Crippen LogP contribution in [0.4, 0.5) is 10.1 Å². The van der Waals surface area contributed by atoms with Crippen LogP contribution in [0.15, 0.2) is 46.3 Å². The number of benzene rings is 1. The molecule has 0 bridgehead atoms. The summed E-state index contributed by atoms with van der Waals surface area (Å²) in [4.78, 5) is 24.9. The van der Waals surface area contributed by atoms with Gasteiger partial charge in [-0.2, -0.15) is 10.5 Å². The third kappa shape index (κ3) is 5.62. The summed E-state index contributed by atoms with van der Waals surface area (Å²) in [6.45, 7) is 5.64. The molecule has 2 aromatic heterocycles. The molecule has 1 aromatic carbocycles. The van der Waals surface area contributed by atoms with Crippen molar-refractivity contribution >= 4 is 22.4 Å². The Bertz CT molecular complexity index is 1560. The zero-order valence-corrected chi connectivity index (χ0v) is 22.6. The van der Waals surface area contributed by atoms with Crippen molar-refractivity contribution in [2.45, 2.75) is 57.8 Å². The van der Waals surface area contributed by atoms with Crippen LogP contribution in [-0.2, 0) is 11.9 Å². The van der Waals surface area contributed by atoms with Crippen LogP contribution in [0.3, 0.4) is 0 Å². The van der Waals surface area contributed by atoms with Crippen LogP contribution >= 0.6 is 0 Å². The lowest BCUT2D eigenvalue weighted by atomic mass is 9.79. The van der Waals surface area contributed by atoms with Crippen LogP contribution < -0.4 is 10.5 Å². The van der Waals surface area contributed by atoms with Gasteiger partial charge in [-0.1, -0.05) is 17.3 Å². The van der Waals surface area contributed by atoms with E-state index < -0.39 is 23.3 Å². The first-order chi connectivity index (χ1) is 18.4. The van der Waals surface area contributed by atoms with E-state index in [2.05, 4.69) is 10.1 Å². The molecule has 2 heterocycles. The van der Waals surface area contributed by atoms with E-state index in [1.54, 1.807) is 37.2 Å². The minimum absolute atomic E-state index is 0.100. The van der Waals surface area contributed by atoms with Crippen molar-refractivity contribution in [2.24, 2.45) is 18.1 Å². The average Bonchev–Trinajstić information content (AvgIpc) is 2.90. The Morgan fingerprint density at radius 3 is 2.46 bits per heavy atom. The van der Waals surface area contributed by atoms with Crippen molar-refractivity contribution in [3.8, 4) is 12.1 Å². The van der Waals surface area contributed by atoms with Crippen molar-refractivity contribution < 1.29 is 14.3 Å². The molecule has 10 heteroatoms. The van der Waals surface area contributed by atoms with Crippen LogP contribution in [0, 0.1) is 34.4 Å². The second kappa shape index (κ2) is 10.8. The van der Waals surface area contributed by atoms with Crippen molar-refractivity contribution in [3.63, 3.8) is 0 Å². The van der Waals surface area contributed by atoms with Crippen LogP contribution in [-0.4, -0.2) is 45.2 Å². The predicted octanol–water partition coefficient (Wildman–Crippen LogP) is 4.00. The van der Waals surface area contributed by atoms with Gasteiger partial charge in [0.15, 0.2) is 0 Å². The summed E-state index contributed by atoms with van der Waals surface area (Å²) in [6.07, 6.45) is 0.619. The van der Waals surface area contributed by atoms with E-state index in [-0.39, 0.29) is 23.0 Å². The summed E-state index contributed by atoms with van der Waals surface area (Å²) in [5.74, 6) is -0.528. The molecule has 1 aliphatic carbocycles. The van der Waals surface area contributed by atoms with Gasteiger partial charge in [0.1, 0.15) is 40.3 Å². The highest BCUT2D eigenvalue weighted by molar-refractivity contribution is 6.02. The normalized spacial score (nSPS) is 19.8. The van der Waals surface area contributed by atoms with E-state index in [4.69, 9.17) is 4.84 Å². The molecule has 1 fully saturated rings. The molecule has 1 aliphatic rings. The van der Waals surface area contributed by atoms with E-state index in [0.717, 1.165) is 0 Å². The lowest BCUT2D eigenvalue weighted by molar-refractivity contribution is -0.000636. The molecule has 0 saturated heterocycles. The standard InChI is InChI=1S/C29H31FN6O3/c1-29(2,3)39-34-25(17-6-9-19(30)10-7-17)18-8-12-22(24(37)14-18)35(4)27-21(16-32)28(38)36(5)23-13-11-20(15-31)33-26(23)27/h6-7,9-11,13,18,22,24,37H,8,12,14H2,1-5H3/b34-25+/t18-,22-,24-/m0/s1. The van der Waals surface area contributed by atoms with Crippen LogP contribution in [0.5, 0.6) is 0 Å². The van der Waals surface area contributed by atoms with Gasteiger partial charge in [0.25, 0.3) is 5.56 Å². The summed E-state index contributed by atoms with van der Waals surface area (Å²) < 4.78 is 15.0. The SMILES string of the molecule is CN(c1c(C#N)c(=O)n(C)c2ccc(C#N)nc12)[C@H]1CC[C@H](/C(=N/OC(C)(C)C)c2ccc(F)cc2)C[C@@H]1O. The van der Waals surface area contributed by atoms with Gasteiger partial charge in [0.2, 0.25) is 0 Å². The lowest BCUT2D eigenvalue weighted by Gasteiger charge is -2.40. The van der Waals surface area contributed by atoms with Crippen molar-refractivity contribution in [3.05, 3.63) is 69.4 Å². The van der Waals surface area contributed by atoms with Crippen molar-refractivity contribution in [2.75, 3.05) is 11.9 Å². The molecule has 3 aromatic rings. The average molecular weight is 531 g/mol. The molecule has 202 valence electrons. The topological polar surface area (TPSA) is 128 Å². The number of hydrogen-bond donors (Lipinski definition) is 1. The lowest BCUT2D eigenvalue weighted by Crippen LogP contribution is -2.47. The fourth-order valence-corrected chi connectivity index (χ4v) is 5.07. The molecule has 1 saturated carbocycles. The van der Waals surface area contributed by atoms with Gasteiger partial charge in [-0.3, -0.25) is 4.79 Å². The second-order valence-corrected chi connectivity index (χ2v) is 10.8. The highest BCUT2D eigenvalue weighted by Gasteiger charge is 2.37. The zero-order chi connectivity index (χ0) is 28.5. The van der Waals surface area contributed by atoms with E-state index in [9.17, 15) is 24.8 Å². The molecular weight excluding hydrogens is 499 g/mol.